The number of hydrogen-bond donors (Lipinski definition) is 2. The van der Waals surface area contributed by atoms with E-state index in [4.69, 9.17) is 0 Å². The predicted octanol–water partition coefficient (Wildman–Crippen LogP) is 2.19. The van der Waals surface area contributed by atoms with Crippen LogP contribution >= 0.6 is 0 Å². The average Bonchev–Trinajstić information content (AvgIpc) is 2.15. The molecule has 0 amide bonds. The molecule has 0 heterocycles. The Balaban J connectivity index is 2.95. The van der Waals surface area contributed by atoms with Crippen LogP contribution in [0.4, 0.5) is 0 Å². The number of hydrogen-bond acceptors (Lipinski definition) is 2. The van der Waals surface area contributed by atoms with Gasteiger partial charge >= 0.3 is 5.97 Å². The Hall–Kier alpha value is -0.830. The number of carboxylic acids is 1. The van der Waals surface area contributed by atoms with Gasteiger partial charge in [0.15, 0.2) is 0 Å². The standard InChI is InChI=1S/C12H21NO2/c1-4-9-13-12(10(14)15)8-6-5-7-11(12,2)3/h4,13H,1,5-9H2,2-3H3,(H,14,15). The third-order valence-corrected chi connectivity index (χ3v) is 3.67. The van der Waals surface area contributed by atoms with E-state index < -0.39 is 11.5 Å². The molecule has 0 spiro atoms. The lowest BCUT2D eigenvalue weighted by Crippen LogP contribution is -2.63. The number of carboxylic acid groups (broad SMARTS) is 1. The Kier molecular flexibility index (Phi) is 3.55. The minimum Gasteiger partial charge on any atom is -0.480 e. The maximum absolute atomic E-state index is 11.5. The van der Waals surface area contributed by atoms with Gasteiger partial charge in [0.05, 0.1) is 0 Å². The third-order valence-electron chi connectivity index (χ3n) is 3.67. The number of aliphatic carboxylic acids is 1. The predicted molar refractivity (Wildman–Crippen MR) is 60.8 cm³/mol. The third kappa shape index (κ3) is 2.07. The topological polar surface area (TPSA) is 49.3 Å². The first-order valence-electron chi connectivity index (χ1n) is 5.55. The van der Waals surface area contributed by atoms with Crippen molar-refractivity contribution in [3.05, 3.63) is 12.7 Å². The van der Waals surface area contributed by atoms with Crippen LogP contribution in [0.25, 0.3) is 0 Å². The molecule has 0 aromatic heterocycles. The fourth-order valence-corrected chi connectivity index (χ4v) is 2.55. The monoisotopic (exact) mass is 211 g/mol. The van der Waals surface area contributed by atoms with E-state index in [-0.39, 0.29) is 5.41 Å². The maximum Gasteiger partial charge on any atom is 0.324 e. The van der Waals surface area contributed by atoms with Crippen molar-refractivity contribution >= 4 is 5.97 Å². The molecule has 0 bridgehead atoms. The van der Waals surface area contributed by atoms with Crippen LogP contribution in [-0.4, -0.2) is 23.2 Å². The number of rotatable bonds is 4. The van der Waals surface area contributed by atoms with E-state index >= 15 is 0 Å². The molecule has 2 N–H and O–H groups in total. The fourth-order valence-electron chi connectivity index (χ4n) is 2.55. The Morgan fingerprint density at radius 2 is 2.07 bits per heavy atom. The molecule has 1 unspecified atom stereocenters. The van der Waals surface area contributed by atoms with Crippen LogP contribution in [0.2, 0.25) is 0 Å². The zero-order chi connectivity index (χ0) is 11.5. The van der Waals surface area contributed by atoms with Crippen LogP contribution < -0.4 is 5.32 Å². The van der Waals surface area contributed by atoms with E-state index in [1.807, 2.05) is 13.8 Å². The van der Waals surface area contributed by atoms with Gasteiger partial charge in [-0.25, -0.2) is 0 Å². The molecule has 0 aromatic rings. The van der Waals surface area contributed by atoms with Gasteiger partial charge in [-0.2, -0.15) is 0 Å². The molecule has 86 valence electrons. The SMILES string of the molecule is C=CCNC1(C(=O)O)CCCCC1(C)C. The summed E-state index contributed by atoms with van der Waals surface area (Å²) >= 11 is 0. The molecule has 0 radical (unpaired) electrons. The molecule has 0 aromatic carbocycles. The summed E-state index contributed by atoms with van der Waals surface area (Å²) in [5, 5.41) is 12.6. The van der Waals surface area contributed by atoms with E-state index in [2.05, 4.69) is 11.9 Å². The normalized spacial score (nSPS) is 29.7. The van der Waals surface area contributed by atoms with Crippen molar-refractivity contribution in [1.82, 2.24) is 5.32 Å². The zero-order valence-electron chi connectivity index (χ0n) is 9.68. The van der Waals surface area contributed by atoms with Crippen molar-refractivity contribution in [3.8, 4) is 0 Å². The lowest BCUT2D eigenvalue weighted by molar-refractivity contribution is -0.153. The Morgan fingerprint density at radius 3 is 2.53 bits per heavy atom. The first-order chi connectivity index (χ1) is 6.96. The van der Waals surface area contributed by atoms with Crippen molar-refractivity contribution in [3.63, 3.8) is 0 Å². The molecule has 0 saturated heterocycles. The van der Waals surface area contributed by atoms with Crippen LogP contribution in [0.15, 0.2) is 12.7 Å². The van der Waals surface area contributed by atoms with Gasteiger partial charge in [0.2, 0.25) is 0 Å². The smallest absolute Gasteiger partial charge is 0.324 e. The summed E-state index contributed by atoms with van der Waals surface area (Å²) in [6.07, 6.45) is 5.50. The van der Waals surface area contributed by atoms with Gasteiger partial charge in [-0.3, -0.25) is 10.1 Å². The molecule has 3 nitrogen and oxygen atoms in total. The molecule has 1 atom stereocenters. The molecule has 1 fully saturated rings. The van der Waals surface area contributed by atoms with Crippen LogP contribution in [0, 0.1) is 5.41 Å². The van der Waals surface area contributed by atoms with Crippen molar-refractivity contribution < 1.29 is 9.90 Å². The minimum absolute atomic E-state index is 0.194. The number of carbonyl (C=O) groups is 1. The summed E-state index contributed by atoms with van der Waals surface area (Å²) in [5.74, 6) is -0.728. The van der Waals surface area contributed by atoms with Crippen molar-refractivity contribution in [2.24, 2.45) is 5.41 Å². The average molecular weight is 211 g/mol. The van der Waals surface area contributed by atoms with Gasteiger partial charge in [-0.05, 0) is 18.3 Å². The summed E-state index contributed by atoms with van der Waals surface area (Å²) in [4.78, 5) is 11.5. The quantitative estimate of drug-likeness (QED) is 0.701. The second kappa shape index (κ2) is 4.35. The molecular weight excluding hydrogens is 190 g/mol. The molecule has 0 aliphatic heterocycles. The molecule has 1 rings (SSSR count). The summed E-state index contributed by atoms with van der Waals surface area (Å²) < 4.78 is 0. The summed E-state index contributed by atoms with van der Waals surface area (Å²) in [7, 11) is 0. The van der Waals surface area contributed by atoms with E-state index in [9.17, 15) is 9.90 Å². The molecule has 1 aliphatic rings. The van der Waals surface area contributed by atoms with Gasteiger partial charge in [-0.1, -0.05) is 32.8 Å². The number of nitrogens with one attached hydrogen (secondary N) is 1. The lowest BCUT2D eigenvalue weighted by atomic mass is 9.63. The van der Waals surface area contributed by atoms with E-state index in [1.54, 1.807) is 6.08 Å². The summed E-state index contributed by atoms with van der Waals surface area (Å²) in [5.41, 5.74) is -0.973. The highest BCUT2D eigenvalue weighted by Gasteiger charge is 2.51. The Morgan fingerprint density at radius 1 is 1.47 bits per heavy atom. The van der Waals surface area contributed by atoms with Gasteiger partial charge in [-0.15, -0.1) is 6.58 Å². The van der Waals surface area contributed by atoms with Gasteiger partial charge < -0.3 is 5.11 Å². The second-order valence-electron chi connectivity index (χ2n) is 4.97. The molecule has 3 heteroatoms. The van der Waals surface area contributed by atoms with Gasteiger partial charge in [0.25, 0.3) is 0 Å². The Bertz CT molecular complexity index is 260. The van der Waals surface area contributed by atoms with E-state index in [0.29, 0.717) is 13.0 Å². The molecular formula is C12H21NO2. The van der Waals surface area contributed by atoms with E-state index in [1.165, 1.54) is 0 Å². The van der Waals surface area contributed by atoms with Crippen LogP contribution in [-0.2, 0) is 4.79 Å². The van der Waals surface area contributed by atoms with Crippen LogP contribution in [0.1, 0.15) is 39.5 Å². The molecule has 15 heavy (non-hydrogen) atoms. The first kappa shape index (κ1) is 12.2. The molecule has 1 aliphatic carbocycles. The summed E-state index contributed by atoms with van der Waals surface area (Å²) in [6.45, 7) is 8.26. The van der Waals surface area contributed by atoms with Crippen molar-refractivity contribution in [2.75, 3.05) is 6.54 Å². The van der Waals surface area contributed by atoms with Crippen LogP contribution in [0.3, 0.4) is 0 Å². The first-order valence-corrected chi connectivity index (χ1v) is 5.55. The maximum atomic E-state index is 11.5. The largest absolute Gasteiger partial charge is 0.480 e. The minimum atomic E-state index is -0.778. The zero-order valence-corrected chi connectivity index (χ0v) is 9.68. The van der Waals surface area contributed by atoms with Crippen LogP contribution in [0.5, 0.6) is 0 Å². The van der Waals surface area contributed by atoms with Crippen molar-refractivity contribution in [1.29, 1.82) is 0 Å². The van der Waals surface area contributed by atoms with Gasteiger partial charge in [0.1, 0.15) is 5.54 Å². The Labute approximate surface area is 91.6 Å². The highest BCUT2D eigenvalue weighted by Crippen LogP contribution is 2.43. The highest BCUT2D eigenvalue weighted by atomic mass is 16.4. The van der Waals surface area contributed by atoms with Crippen molar-refractivity contribution in [2.45, 2.75) is 45.1 Å². The lowest BCUT2D eigenvalue weighted by Gasteiger charge is -2.47. The molecule has 1 saturated carbocycles. The fraction of sp³-hybridized carbons (Fsp3) is 0.750. The second-order valence-corrected chi connectivity index (χ2v) is 4.97. The highest BCUT2D eigenvalue weighted by molar-refractivity contribution is 5.80. The summed E-state index contributed by atoms with van der Waals surface area (Å²) in [6, 6.07) is 0. The van der Waals surface area contributed by atoms with E-state index in [0.717, 1.165) is 19.3 Å². The van der Waals surface area contributed by atoms with Gasteiger partial charge in [0, 0.05) is 6.54 Å².